The third-order valence-electron chi connectivity index (χ3n) is 1.61. The first-order chi connectivity index (χ1) is 6.75. The zero-order valence-electron chi connectivity index (χ0n) is 8.63. The van der Waals surface area contributed by atoms with E-state index >= 15 is 0 Å². The van der Waals surface area contributed by atoms with E-state index < -0.39 is 0 Å². The molecule has 0 bridgehead atoms. The lowest BCUT2D eigenvalue weighted by Gasteiger charge is -2.16. The van der Waals surface area contributed by atoms with Gasteiger partial charge in [-0.2, -0.15) is 0 Å². The van der Waals surface area contributed by atoms with Crippen LogP contribution in [0.1, 0.15) is 19.4 Å². The second kappa shape index (κ2) is 4.60. The van der Waals surface area contributed by atoms with Gasteiger partial charge in [0.2, 0.25) is 0 Å². The van der Waals surface area contributed by atoms with Crippen molar-refractivity contribution in [2.75, 3.05) is 11.9 Å². The SMILES string of the molecule is CC.Cc1cnc2c(c1)OCC(=O)N2. The van der Waals surface area contributed by atoms with E-state index in [0.29, 0.717) is 11.6 Å². The predicted octanol–water partition coefficient (Wildman–Crippen LogP) is 1.75. The third kappa shape index (κ3) is 2.22. The Morgan fingerprint density at radius 2 is 2.21 bits per heavy atom. The summed E-state index contributed by atoms with van der Waals surface area (Å²) in [5, 5.41) is 2.61. The van der Waals surface area contributed by atoms with Gasteiger partial charge in [0.25, 0.3) is 5.91 Å². The van der Waals surface area contributed by atoms with E-state index in [2.05, 4.69) is 10.3 Å². The van der Waals surface area contributed by atoms with Crippen molar-refractivity contribution in [3.05, 3.63) is 17.8 Å². The molecule has 0 radical (unpaired) electrons. The molecule has 14 heavy (non-hydrogen) atoms. The fourth-order valence-corrected chi connectivity index (χ4v) is 1.06. The van der Waals surface area contributed by atoms with Crippen LogP contribution in [0.2, 0.25) is 0 Å². The molecule has 2 rings (SSSR count). The molecule has 0 unspecified atom stereocenters. The molecule has 0 aromatic carbocycles. The van der Waals surface area contributed by atoms with E-state index in [1.807, 2.05) is 26.8 Å². The third-order valence-corrected chi connectivity index (χ3v) is 1.61. The Hall–Kier alpha value is -1.58. The molecule has 2 heterocycles. The minimum Gasteiger partial charge on any atom is -0.480 e. The van der Waals surface area contributed by atoms with Crippen molar-refractivity contribution in [1.29, 1.82) is 0 Å². The van der Waals surface area contributed by atoms with Gasteiger partial charge in [-0.15, -0.1) is 0 Å². The van der Waals surface area contributed by atoms with E-state index in [1.165, 1.54) is 0 Å². The second-order valence-corrected chi connectivity index (χ2v) is 2.70. The van der Waals surface area contributed by atoms with Crippen LogP contribution in [0.5, 0.6) is 5.75 Å². The van der Waals surface area contributed by atoms with Gasteiger partial charge < -0.3 is 10.1 Å². The Morgan fingerprint density at radius 3 is 2.93 bits per heavy atom. The number of fused-ring (bicyclic) bond motifs is 1. The number of carbonyl (C=O) groups excluding carboxylic acids is 1. The summed E-state index contributed by atoms with van der Waals surface area (Å²) >= 11 is 0. The van der Waals surface area contributed by atoms with Crippen LogP contribution in [-0.2, 0) is 4.79 Å². The van der Waals surface area contributed by atoms with Crippen LogP contribution < -0.4 is 10.1 Å². The summed E-state index contributed by atoms with van der Waals surface area (Å²) < 4.78 is 5.14. The van der Waals surface area contributed by atoms with Gasteiger partial charge in [-0.25, -0.2) is 4.98 Å². The van der Waals surface area contributed by atoms with E-state index in [4.69, 9.17) is 4.74 Å². The highest BCUT2D eigenvalue weighted by Crippen LogP contribution is 2.25. The largest absolute Gasteiger partial charge is 0.480 e. The molecule has 0 atom stereocenters. The first-order valence-electron chi connectivity index (χ1n) is 4.65. The van der Waals surface area contributed by atoms with E-state index in [-0.39, 0.29) is 12.5 Å². The minimum absolute atomic E-state index is 0.0815. The molecule has 1 aliphatic heterocycles. The Balaban J connectivity index is 0.000000461. The van der Waals surface area contributed by atoms with Crippen molar-refractivity contribution in [3.8, 4) is 5.75 Å². The fourth-order valence-electron chi connectivity index (χ4n) is 1.06. The Labute approximate surface area is 83.3 Å². The summed E-state index contributed by atoms with van der Waals surface area (Å²) in [5.41, 5.74) is 1.02. The van der Waals surface area contributed by atoms with Crippen molar-refractivity contribution in [2.45, 2.75) is 20.8 Å². The number of amides is 1. The molecule has 76 valence electrons. The molecule has 0 fully saturated rings. The van der Waals surface area contributed by atoms with Crippen LogP contribution >= 0.6 is 0 Å². The van der Waals surface area contributed by atoms with Crippen LogP contribution in [0.25, 0.3) is 0 Å². The normalized spacial score (nSPS) is 12.9. The van der Waals surface area contributed by atoms with Crippen LogP contribution in [0.3, 0.4) is 0 Å². The predicted molar refractivity (Wildman–Crippen MR) is 54.4 cm³/mol. The van der Waals surface area contributed by atoms with Gasteiger partial charge in [-0.3, -0.25) is 4.79 Å². The summed E-state index contributed by atoms with van der Waals surface area (Å²) in [4.78, 5) is 14.8. The summed E-state index contributed by atoms with van der Waals surface area (Å²) in [5.74, 6) is 1.00. The van der Waals surface area contributed by atoms with Gasteiger partial charge in [0.05, 0.1) is 0 Å². The number of hydrogen-bond donors (Lipinski definition) is 1. The van der Waals surface area contributed by atoms with Gasteiger partial charge in [0.15, 0.2) is 18.2 Å². The maximum absolute atomic E-state index is 10.8. The molecule has 0 saturated carbocycles. The molecule has 0 saturated heterocycles. The monoisotopic (exact) mass is 194 g/mol. The van der Waals surface area contributed by atoms with Crippen molar-refractivity contribution in [2.24, 2.45) is 0 Å². The molecule has 1 aromatic heterocycles. The fraction of sp³-hybridized carbons (Fsp3) is 0.400. The van der Waals surface area contributed by atoms with E-state index in [0.717, 1.165) is 5.56 Å². The van der Waals surface area contributed by atoms with Crippen molar-refractivity contribution >= 4 is 11.7 Å². The quantitative estimate of drug-likeness (QED) is 0.684. The second-order valence-electron chi connectivity index (χ2n) is 2.70. The summed E-state index contributed by atoms with van der Waals surface area (Å²) in [6, 6.07) is 1.85. The van der Waals surface area contributed by atoms with Gasteiger partial charge in [-0.05, 0) is 18.6 Å². The topological polar surface area (TPSA) is 51.2 Å². The number of nitrogens with zero attached hydrogens (tertiary/aromatic N) is 1. The highest BCUT2D eigenvalue weighted by atomic mass is 16.5. The van der Waals surface area contributed by atoms with Gasteiger partial charge in [0, 0.05) is 6.20 Å². The Bertz CT molecular complexity index is 337. The Kier molecular flexibility index (Phi) is 3.45. The summed E-state index contributed by atoms with van der Waals surface area (Å²) in [6.07, 6.45) is 1.69. The van der Waals surface area contributed by atoms with Gasteiger partial charge >= 0.3 is 0 Å². The maximum Gasteiger partial charge on any atom is 0.263 e. The van der Waals surface area contributed by atoms with Crippen molar-refractivity contribution in [1.82, 2.24) is 4.98 Å². The average Bonchev–Trinajstić information content (AvgIpc) is 2.21. The number of carbonyl (C=O) groups is 1. The van der Waals surface area contributed by atoms with Crippen LogP contribution in [-0.4, -0.2) is 17.5 Å². The summed E-state index contributed by atoms with van der Waals surface area (Å²) in [6.45, 7) is 6.01. The highest BCUT2D eigenvalue weighted by Gasteiger charge is 2.16. The Morgan fingerprint density at radius 1 is 1.50 bits per heavy atom. The number of aryl methyl sites for hydroxylation is 1. The van der Waals surface area contributed by atoms with E-state index in [1.54, 1.807) is 6.20 Å². The van der Waals surface area contributed by atoms with Gasteiger partial charge in [0.1, 0.15) is 0 Å². The number of rotatable bonds is 0. The molecule has 1 aliphatic rings. The molecule has 4 nitrogen and oxygen atoms in total. The number of hydrogen-bond acceptors (Lipinski definition) is 3. The van der Waals surface area contributed by atoms with Crippen LogP contribution in [0.4, 0.5) is 5.82 Å². The molecule has 1 aromatic rings. The molecule has 4 heteroatoms. The zero-order valence-corrected chi connectivity index (χ0v) is 8.63. The molecular weight excluding hydrogens is 180 g/mol. The first kappa shape index (κ1) is 10.5. The number of nitrogens with one attached hydrogen (secondary N) is 1. The first-order valence-corrected chi connectivity index (χ1v) is 4.65. The lowest BCUT2D eigenvalue weighted by Crippen LogP contribution is -2.26. The minimum atomic E-state index is -0.154. The lowest BCUT2D eigenvalue weighted by molar-refractivity contribution is -0.118. The summed E-state index contributed by atoms with van der Waals surface area (Å²) in [7, 11) is 0. The molecule has 1 N–H and O–H groups in total. The average molecular weight is 194 g/mol. The van der Waals surface area contributed by atoms with Crippen LogP contribution in [0.15, 0.2) is 12.3 Å². The number of anilines is 1. The highest BCUT2D eigenvalue weighted by molar-refractivity contribution is 5.94. The number of aromatic nitrogens is 1. The van der Waals surface area contributed by atoms with Gasteiger partial charge in [-0.1, -0.05) is 13.8 Å². The van der Waals surface area contributed by atoms with Crippen molar-refractivity contribution in [3.63, 3.8) is 0 Å². The van der Waals surface area contributed by atoms with E-state index in [9.17, 15) is 4.79 Å². The van der Waals surface area contributed by atoms with Crippen LogP contribution in [0, 0.1) is 6.92 Å². The standard InChI is InChI=1S/C8H8N2O2.C2H6/c1-5-2-6-8(9-3-5)10-7(11)4-12-6;1-2/h2-3H,4H2,1H3,(H,9,10,11);1-2H3. The zero-order chi connectivity index (χ0) is 10.6. The molecule has 1 amide bonds. The molecule has 0 aliphatic carbocycles. The maximum atomic E-state index is 10.8. The smallest absolute Gasteiger partial charge is 0.263 e. The number of pyridine rings is 1. The molecular formula is C10H14N2O2. The lowest BCUT2D eigenvalue weighted by atomic mass is 10.3. The molecule has 0 spiro atoms. The van der Waals surface area contributed by atoms with Crippen molar-refractivity contribution < 1.29 is 9.53 Å². The number of ether oxygens (including phenoxy) is 1.